The van der Waals surface area contributed by atoms with Crippen LogP contribution in [-0.2, 0) is 11.2 Å². The van der Waals surface area contributed by atoms with Gasteiger partial charge < -0.3 is 15.6 Å². The summed E-state index contributed by atoms with van der Waals surface area (Å²) in [6.45, 7) is 6.91. The van der Waals surface area contributed by atoms with Gasteiger partial charge in [0.15, 0.2) is 0 Å². The molecule has 0 aromatic carbocycles. The van der Waals surface area contributed by atoms with Gasteiger partial charge in [0.05, 0.1) is 0 Å². The van der Waals surface area contributed by atoms with Crippen molar-refractivity contribution >= 4 is 30.7 Å². The second kappa shape index (κ2) is 11.1. The maximum Gasteiger partial charge on any atom is 0.254 e. The fourth-order valence-electron chi connectivity index (χ4n) is 2.76. The molecule has 0 aliphatic heterocycles. The number of halogens is 2. The van der Waals surface area contributed by atoms with Gasteiger partial charge in [0.2, 0.25) is 5.91 Å². The number of nitrogens with two attached hydrogens (primary N) is 1. The molecule has 156 valence electrons. The van der Waals surface area contributed by atoms with Crippen LogP contribution in [0.3, 0.4) is 0 Å². The molecule has 2 aromatic rings. The molecule has 9 heteroatoms. The number of hydrogen-bond acceptors (Lipinski definition) is 5. The first kappa shape index (κ1) is 26.0. The fraction of sp³-hybridized carbons (Fsp3) is 0.474. The van der Waals surface area contributed by atoms with Crippen molar-refractivity contribution in [3.63, 3.8) is 0 Å². The molecule has 0 saturated heterocycles. The van der Waals surface area contributed by atoms with Crippen LogP contribution in [-0.4, -0.2) is 45.9 Å². The average Bonchev–Trinajstić information content (AvgIpc) is 2.61. The van der Waals surface area contributed by atoms with Crippen molar-refractivity contribution in [3.05, 3.63) is 46.1 Å². The Kier molecular flexibility index (Phi) is 10.4. The van der Waals surface area contributed by atoms with Gasteiger partial charge in [-0.25, -0.2) is 4.98 Å². The van der Waals surface area contributed by atoms with E-state index in [1.807, 2.05) is 19.9 Å². The number of hydrogen-bond donors (Lipinski definition) is 2. The molecular formula is C19H29Cl2N5O2. The molecule has 0 unspecified atom stereocenters. The second-order valence-corrected chi connectivity index (χ2v) is 7.34. The van der Waals surface area contributed by atoms with Crippen LogP contribution in [0.4, 0.5) is 0 Å². The molecule has 3 N–H and O–H groups in total. The lowest BCUT2D eigenvalue weighted by Gasteiger charge is -2.29. The largest absolute Gasteiger partial charge is 0.345 e. The van der Waals surface area contributed by atoms with E-state index in [4.69, 9.17) is 5.73 Å². The van der Waals surface area contributed by atoms with Gasteiger partial charge >= 0.3 is 0 Å². The zero-order chi connectivity index (χ0) is 19.3. The van der Waals surface area contributed by atoms with Crippen LogP contribution in [0.1, 0.15) is 31.5 Å². The van der Waals surface area contributed by atoms with Crippen molar-refractivity contribution in [1.82, 2.24) is 19.9 Å². The molecule has 0 saturated carbocycles. The number of pyridine rings is 1. The molecule has 2 aromatic heterocycles. The van der Waals surface area contributed by atoms with Crippen LogP contribution in [0.15, 0.2) is 29.3 Å². The summed E-state index contributed by atoms with van der Waals surface area (Å²) in [6.07, 6.45) is 3.93. The molecule has 1 amide bonds. The first-order chi connectivity index (χ1) is 12.2. The number of aromatic amines is 1. The number of H-pyrrole nitrogens is 1. The number of rotatable bonds is 7. The van der Waals surface area contributed by atoms with Crippen LogP contribution in [0, 0.1) is 12.3 Å². The number of amides is 1. The number of nitrogens with one attached hydrogen (secondary N) is 1. The molecule has 2 rings (SSSR count). The van der Waals surface area contributed by atoms with Gasteiger partial charge in [0, 0.05) is 49.2 Å². The Bertz CT molecular complexity index is 825. The Morgan fingerprint density at radius 2 is 2.00 bits per heavy atom. The summed E-state index contributed by atoms with van der Waals surface area (Å²) in [7, 11) is 1.76. The van der Waals surface area contributed by atoms with Gasteiger partial charge in [0.25, 0.3) is 5.56 Å². The highest BCUT2D eigenvalue weighted by molar-refractivity contribution is 5.85. The summed E-state index contributed by atoms with van der Waals surface area (Å²) in [5.41, 5.74) is 7.30. The van der Waals surface area contributed by atoms with Gasteiger partial charge in [-0.3, -0.25) is 14.6 Å². The molecule has 2 heterocycles. The van der Waals surface area contributed by atoms with Crippen molar-refractivity contribution < 1.29 is 4.79 Å². The van der Waals surface area contributed by atoms with E-state index in [0.29, 0.717) is 36.6 Å². The Balaban J connectivity index is 0.00000364. The molecule has 7 nitrogen and oxygen atoms in total. The van der Waals surface area contributed by atoms with E-state index in [2.05, 4.69) is 15.0 Å². The SMILES string of the molecule is Cc1nc(-c2cccnc2)[nH]c(=O)c1CCC(=O)N(C)CC(C)(C)CN.Cl.Cl. The number of aromatic nitrogens is 3. The summed E-state index contributed by atoms with van der Waals surface area (Å²) < 4.78 is 0. The Morgan fingerprint density at radius 1 is 1.32 bits per heavy atom. The van der Waals surface area contributed by atoms with Crippen LogP contribution in [0.5, 0.6) is 0 Å². The maximum atomic E-state index is 12.4. The molecule has 0 radical (unpaired) electrons. The van der Waals surface area contributed by atoms with E-state index >= 15 is 0 Å². The molecule has 0 aliphatic carbocycles. The van der Waals surface area contributed by atoms with Crippen molar-refractivity contribution in [2.45, 2.75) is 33.6 Å². The summed E-state index contributed by atoms with van der Waals surface area (Å²) >= 11 is 0. The predicted molar refractivity (Wildman–Crippen MR) is 116 cm³/mol. The molecule has 0 atom stereocenters. The van der Waals surface area contributed by atoms with Gasteiger partial charge in [-0.2, -0.15) is 0 Å². The van der Waals surface area contributed by atoms with Gasteiger partial charge in [0.1, 0.15) is 5.82 Å². The topological polar surface area (TPSA) is 105 Å². The zero-order valence-corrected chi connectivity index (χ0v) is 18.3. The fourth-order valence-corrected chi connectivity index (χ4v) is 2.76. The van der Waals surface area contributed by atoms with E-state index in [0.717, 1.165) is 5.56 Å². The quantitative estimate of drug-likeness (QED) is 0.702. The van der Waals surface area contributed by atoms with E-state index in [-0.39, 0.29) is 48.1 Å². The minimum absolute atomic E-state index is 0. The van der Waals surface area contributed by atoms with E-state index in [1.54, 1.807) is 37.3 Å². The number of aryl methyl sites for hydroxylation is 1. The zero-order valence-electron chi connectivity index (χ0n) is 16.7. The summed E-state index contributed by atoms with van der Waals surface area (Å²) in [6, 6.07) is 3.62. The van der Waals surface area contributed by atoms with Crippen molar-refractivity contribution in [1.29, 1.82) is 0 Å². The van der Waals surface area contributed by atoms with Crippen molar-refractivity contribution in [2.24, 2.45) is 11.1 Å². The molecule has 0 bridgehead atoms. The molecule has 28 heavy (non-hydrogen) atoms. The predicted octanol–water partition coefficient (Wildman–Crippen LogP) is 2.36. The van der Waals surface area contributed by atoms with Gasteiger partial charge in [-0.05, 0) is 37.4 Å². The number of carbonyl (C=O) groups excluding carboxylic acids is 1. The normalized spacial score (nSPS) is 10.6. The van der Waals surface area contributed by atoms with Gasteiger partial charge in [-0.1, -0.05) is 13.8 Å². The molecular weight excluding hydrogens is 401 g/mol. The maximum absolute atomic E-state index is 12.4. The van der Waals surface area contributed by atoms with Crippen molar-refractivity contribution in [3.8, 4) is 11.4 Å². The minimum Gasteiger partial charge on any atom is -0.345 e. The Labute approximate surface area is 178 Å². The monoisotopic (exact) mass is 429 g/mol. The highest BCUT2D eigenvalue weighted by Crippen LogP contribution is 2.16. The lowest BCUT2D eigenvalue weighted by molar-refractivity contribution is -0.131. The number of nitrogens with zero attached hydrogens (tertiary/aromatic N) is 3. The Hall–Kier alpha value is -1.96. The first-order valence-electron chi connectivity index (χ1n) is 8.68. The highest BCUT2D eigenvalue weighted by Gasteiger charge is 2.21. The van der Waals surface area contributed by atoms with Crippen molar-refractivity contribution in [2.75, 3.05) is 20.1 Å². The van der Waals surface area contributed by atoms with E-state index < -0.39 is 0 Å². The Morgan fingerprint density at radius 3 is 2.54 bits per heavy atom. The third-order valence-corrected chi connectivity index (χ3v) is 4.39. The summed E-state index contributed by atoms with van der Waals surface area (Å²) in [4.78, 5) is 37.8. The summed E-state index contributed by atoms with van der Waals surface area (Å²) in [5, 5.41) is 0. The van der Waals surface area contributed by atoms with E-state index in [9.17, 15) is 9.59 Å². The molecule has 0 fully saturated rings. The highest BCUT2D eigenvalue weighted by atomic mass is 35.5. The molecule has 0 spiro atoms. The lowest BCUT2D eigenvalue weighted by Crippen LogP contribution is -2.40. The van der Waals surface area contributed by atoms with Crippen LogP contribution in [0.25, 0.3) is 11.4 Å². The van der Waals surface area contributed by atoms with Gasteiger partial charge in [-0.15, -0.1) is 24.8 Å². The number of carbonyl (C=O) groups is 1. The third-order valence-electron chi connectivity index (χ3n) is 4.39. The average molecular weight is 430 g/mol. The minimum atomic E-state index is -0.214. The first-order valence-corrected chi connectivity index (χ1v) is 8.68. The van der Waals surface area contributed by atoms with Crippen LogP contribution in [0.2, 0.25) is 0 Å². The smallest absolute Gasteiger partial charge is 0.254 e. The van der Waals surface area contributed by atoms with E-state index in [1.165, 1.54) is 0 Å². The van der Waals surface area contributed by atoms with Crippen LogP contribution < -0.4 is 11.3 Å². The van der Waals surface area contributed by atoms with Crippen LogP contribution >= 0.6 is 24.8 Å². The lowest BCUT2D eigenvalue weighted by atomic mass is 9.93. The second-order valence-electron chi connectivity index (χ2n) is 7.34. The standard InChI is InChI=1S/C19H27N5O2.2ClH/c1-13-15(7-8-16(25)24(4)12-19(2,3)11-20)18(26)23-17(22-13)14-6-5-9-21-10-14;;/h5-6,9-10H,7-8,11-12,20H2,1-4H3,(H,22,23,26);2*1H. The molecule has 0 aliphatic rings. The third kappa shape index (κ3) is 6.89. The summed E-state index contributed by atoms with van der Waals surface area (Å²) in [5.74, 6) is 0.471.